The molecule has 0 bridgehead atoms. The number of Topliss-reactive ketones (excluding diaryl/α,β-unsaturated/α-hetero) is 2. The molecule has 106 valence electrons. The summed E-state index contributed by atoms with van der Waals surface area (Å²) in [4.78, 5) is 23.9. The van der Waals surface area contributed by atoms with Crippen molar-refractivity contribution in [2.45, 2.75) is 40.5 Å². The number of benzene rings is 1. The average molecular weight is 291 g/mol. The van der Waals surface area contributed by atoms with Crippen molar-refractivity contribution in [3.63, 3.8) is 0 Å². The van der Waals surface area contributed by atoms with Crippen LogP contribution in [0.25, 0.3) is 5.57 Å². The van der Waals surface area contributed by atoms with E-state index in [2.05, 4.69) is 13.8 Å². The van der Waals surface area contributed by atoms with Crippen LogP contribution in [0.3, 0.4) is 0 Å². The molecule has 1 aromatic rings. The van der Waals surface area contributed by atoms with E-state index in [-0.39, 0.29) is 17.0 Å². The summed E-state index contributed by atoms with van der Waals surface area (Å²) in [5.74, 6) is 0.0959. The maximum Gasteiger partial charge on any atom is 0.163 e. The van der Waals surface area contributed by atoms with Crippen LogP contribution >= 0.6 is 11.6 Å². The summed E-state index contributed by atoms with van der Waals surface area (Å²) in [7, 11) is 0. The zero-order valence-electron chi connectivity index (χ0n) is 12.3. The number of hydrogen-bond acceptors (Lipinski definition) is 2. The lowest BCUT2D eigenvalue weighted by molar-refractivity contribution is -0.114. The molecule has 0 aliphatic heterocycles. The lowest BCUT2D eigenvalue weighted by Crippen LogP contribution is -2.20. The van der Waals surface area contributed by atoms with Gasteiger partial charge in [-0.1, -0.05) is 31.5 Å². The van der Waals surface area contributed by atoms with E-state index in [4.69, 9.17) is 11.6 Å². The van der Waals surface area contributed by atoms with Crippen molar-refractivity contribution in [3.05, 3.63) is 39.9 Å². The lowest BCUT2D eigenvalue weighted by Gasteiger charge is -2.27. The minimum absolute atomic E-state index is 0.00557. The van der Waals surface area contributed by atoms with Gasteiger partial charge < -0.3 is 0 Å². The Morgan fingerprint density at radius 2 is 1.95 bits per heavy atom. The molecule has 0 saturated carbocycles. The van der Waals surface area contributed by atoms with Gasteiger partial charge in [-0.05, 0) is 48.9 Å². The molecule has 0 heterocycles. The van der Waals surface area contributed by atoms with E-state index in [1.807, 2.05) is 13.0 Å². The molecule has 0 amide bonds. The van der Waals surface area contributed by atoms with E-state index in [1.165, 1.54) is 6.92 Å². The molecule has 2 nitrogen and oxygen atoms in total. The van der Waals surface area contributed by atoms with Crippen LogP contribution in [-0.4, -0.2) is 11.6 Å². The van der Waals surface area contributed by atoms with Crippen molar-refractivity contribution in [3.8, 4) is 0 Å². The Morgan fingerprint density at radius 1 is 1.30 bits per heavy atom. The summed E-state index contributed by atoms with van der Waals surface area (Å²) in [5.41, 5.74) is 2.90. The molecular weight excluding hydrogens is 272 g/mol. The maximum absolute atomic E-state index is 12.2. The Morgan fingerprint density at radius 3 is 2.55 bits per heavy atom. The lowest BCUT2D eigenvalue weighted by atomic mass is 9.76. The molecule has 0 atom stereocenters. The Bertz CT molecular complexity index is 624. The molecule has 1 aliphatic rings. The number of rotatable bonds is 2. The highest BCUT2D eigenvalue weighted by atomic mass is 35.5. The van der Waals surface area contributed by atoms with E-state index in [9.17, 15) is 9.59 Å². The fourth-order valence-corrected chi connectivity index (χ4v) is 2.88. The normalized spacial score (nSPS) is 17.9. The third kappa shape index (κ3) is 2.85. The number of hydrogen-bond donors (Lipinski definition) is 0. The maximum atomic E-state index is 12.2. The van der Waals surface area contributed by atoms with Gasteiger partial charge >= 0.3 is 0 Å². The predicted octanol–water partition coefficient (Wildman–Crippen LogP) is 4.62. The van der Waals surface area contributed by atoms with Crippen LogP contribution in [0.4, 0.5) is 0 Å². The Balaban J connectivity index is 2.66. The Kier molecular flexibility index (Phi) is 3.88. The summed E-state index contributed by atoms with van der Waals surface area (Å²) < 4.78 is 0. The summed E-state index contributed by atoms with van der Waals surface area (Å²) in [5, 5.41) is 0.493. The fourth-order valence-electron chi connectivity index (χ4n) is 2.67. The van der Waals surface area contributed by atoms with Gasteiger partial charge in [-0.2, -0.15) is 0 Å². The van der Waals surface area contributed by atoms with Crippen LogP contribution in [0.5, 0.6) is 0 Å². The van der Waals surface area contributed by atoms with Crippen LogP contribution < -0.4 is 0 Å². The van der Waals surface area contributed by atoms with E-state index in [1.54, 1.807) is 12.1 Å². The van der Waals surface area contributed by atoms with Gasteiger partial charge in [0.25, 0.3) is 0 Å². The number of allylic oxidation sites excluding steroid dienone is 2. The highest BCUT2D eigenvalue weighted by molar-refractivity contribution is 6.32. The third-order valence-electron chi connectivity index (χ3n) is 3.87. The van der Waals surface area contributed by atoms with Gasteiger partial charge in [0, 0.05) is 22.6 Å². The standard InChI is InChI=1S/C17H19ClO2/c1-10-13(11(2)19)7-12(18)8-14(10)15-9-17(3,4)6-5-16(15)20/h7-9H,5-6H2,1-4H3. The highest BCUT2D eigenvalue weighted by Gasteiger charge is 2.28. The van der Waals surface area contributed by atoms with E-state index in [0.29, 0.717) is 22.6 Å². The molecule has 0 unspecified atom stereocenters. The van der Waals surface area contributed by atoms with Gasteiger partial charge in [0.2, 0.25) is 0 Å². The van der Waals surface area contributed by atoms with Gasteiger partial charge in [0.1, 0.15) is 0 Å². The molecule has 0 spiro atoms. The van der Waals surface area contributed by atoms with Gasteiger partial charge in [0.05, 0.1) is 0 Å². The van der Waals surface area contributed by atoms with Gasteiger partial charge in [-0.25, -0.2) is 0 Å². The first-order chi connectivity index (χ1) is 9.21. The first-order valence-corrected chi connectivity index (χ1v) is 7.16. The van der Waals surface area contributed by atoms with E-state index < -0.39 is 0 Å². The zero-order chi connectivity index (χ0) is 15.1. The molecule has 3 heteroatoms. The van der Waals surface area contributed by atoms with Gasteiger partial charge in [0.15, 0.2) is 11.6 Å². The molecule has 0 N–H and O–H groups in total. The quantitative estimate of drug-likeness (QED) is 0.745. The largest absolute Gasteiger partial charge is 0.294 e. The van der Waals surface area contributed by atoms with Gasteiger partial charge in [-0.3, -0.25) is 9.59 Å². The van der Waals surface area contributed by atoms with Crippen molar-refractivity contribution < 1.29 is 9.59 Å². The topological polar surface area (TPSA) is 34.1 Å². The van der Waals surface area contributed by atoms with Crippen LogP contribution in [0, 0.1) is 12.3 Å². The monoisotopic (exact) mass is 290 g/mol. The average Bonchev–Trinajstić information content (AvgIpc) is 2.34. The summed E-state index contributed by atoms with van der Waals surface area (Å²) >= 11 is 6.11. The van der Waals surface area contributed by atoms with Crippen molar-refractivity contribution in [1.29, 1.82) is 0 Å². The minimum atomic E-state index is -0.0330. The molecular formula is C17H19ClO2. The highest BCUT2D eigenvalue weighted by Crippen LogP contribution is 2.37. The number of ketones is 2. The predicted molar refractivity (Wildman–Crippen MR) is 82.2 cm³/mol. The van der Waals surface area contributed by atoms with E-state index >= 15 is 0 Å². The molecule has 1 aliphatic carbocycles. The fraction of sp³-hybridized carbons (Fsp3) is 0.412. The molecule has 0 saturated heterocycles. The first-order valence-electron chi connectivity index (χ1n) is 6.79. The SMILES string of the molecule is CC(=O)c1cc(Cl)cc(C2=CC(C)(C)CCC2=O)c1C. The van der Waals surface area contributed by atoms with Crippen LogP contribution in [-0.2, 0) is 4.79 Å². The third-order valence-corrected chi connectivity index (χ3v) is 4.09. The second-order valence-electron chi connectivity index (χ2n) is 6.15. The van der Waals surface area contributed by atoms with Crippen molar-refractivity contribution in [1.82, 2.24) is 0 Å². The van der Waals surface area contributed by atoms with Crippen molar-refractivity contribution in [2.75, 3.05) is 0 Å². The van der Waals surface area contributed by atoms with Gasteiger partial charge in [-0.15, -0.1) is 0 Å². The number of halogens is 1. The van der Waals surface area contributed by atoms with Crippen molar-refractivity contribution in [2.24, 2.45) is 5.41 Å². The molecule has 0 aromatic heterocycles. The number of carbonyl (C=O) groups is 2. The molecule has 20 heavy (non-hydrogen) atoms. The molecule has 2 rings (SSSR count). The molecule has 0 radical (unpaired) electrons. The number of carbonyl (C=O) groups excluding carboxylic acids is 2. The van der Waals surface area contributed by atoms with Crippen LogP contribution in [0.1, 0.15) is 55.1 Å². The summed E-state index contributed by atoms with van der Waals surface area (Å²) in [6.45, 7) is 7.62. The molecule has 0 fully saturated rings. The smallest absolute Gasteiger partial charge is 0.163 e. The van der Waals surface area contributed by atoms with Crippen LogP contribution in [0.2, 0.25) is 5.02 Å². The Labute approximate surface area is 124 Å². The second kappa shape index (κ2) is 5.17. The second-order valence-corrected chi connectivity index (χ2v) is 6.59. The summed E-state index contributed by atoms with van der Waals surface area (Å²) in [6, 6.07) is 3.45. The molecule has 1 aromatic carbocycles. The first kappa shape index (κ1) is 15.0. The van der Waals surface area contributed by atoms with Crippen molar-refractivity contribution >= 4 is 28.7 Å². The van der Waals surface area contributed by atoms with Crippen LogP contribution in [0.15, 0.2) is 18.2 Å². The summed E-state index contributed by atoms with van der Waals surface area (Å²) in [6.07, 6.45) is 3.41. The Hall–Kier alpha value is -1.41. The zero-order valence-corrected chi connectivity index (χ0v) is 13.1. The minimum Gasteiger partial charge on any atom is -0.294 e. The van der Waals surface area contributed by atoms with E-state index in [0.717, 1.165) is 17.5 Å².